The van der Waals surface area contributed by atoms with Gasteiger partial charge in [0.2, 0.25) is 0 Å². The summed E-state index contributed by atoms with van der Waals surface area (Å²) in [7, 11) is 1.41. The van der Waals surface area contributed by atoms with Crippen LogP contribution in [0.3, 0.4) is 0 Å². The topological polar surface area (TPSA) is 37.4 Å². The van der Waals surface area contributed by atoms with E-state index in [-0.39, 0.29) is 23.6 Å². The number of rotatable bonds is 6. The van der Waals surface area contributed by atoms with Crippen molar-refractivity contribution in [1.29, 1.82) is 0 Å². The lowest BCUT2D eigenvalue weighted by molar-refractivity contribution is -0.137. The third-order valence-corrected chi connectivity index (χ3v) is 4.25. The highest BCUT2D eigenvalue weighted by Crippen LogP contribution is 2.32. The zero-order valence-corrected chi connectivity index (χ0v) is 15.0. The fourth-order valence-corrected chi connectivity index (χ4v) is 2.91. The van der Waals surface area contributed by atoms with Gasteiger partial charge in [0.15, 0.2) is 0 Å². The zero-order chi connectivity index (χ0) is 20.2. The Bertz CT molecular complexity index is 821. The Hall–Kier alpha value is -2.41. The fraction of sp³-hybridized carbons (Fsp3) is 0.263. The summed E-state index contributed by atoms with van der Waals surface area (Å²) in [6, 6.07) is 8.11. The number of carbonyl (C=O) groups excluding carboxylic acids is 2. The molecule has 0 spiro atoms. The SMILES string of the molecule is CN(CC(CC=O)c1ccc(F)cc1)C(=O)c1cc(Cl)cc(C(F)(F)F)c1. The van der Waals surface area contributed by atoms with Crippen LogP contribution in [0.15, 0.2) is 42.5 Å². The highest BCUT2D eigenvalue weighted by molar-refractivity contribution is 6.31. The van der Waals surface area contributed by atoms with Gasteiger partial charge in [-0.05, 0) is 35.9 Å². The van der Waals surface area contributed by atoms with Gasteiger partial charge in [-0.3, -0.25) is 4.79 Å². The van der Waals surface area contributed by atoms with Crippen LogP contribution in [-0.2, 0) is 11.0 Å². The van der Waals surface area contributed by atoms with Gasteiger partial charge in [0, 0.05) is 36.5 Å². The number of benzene rings is 2. The van der Waals surface area contributed by atoms with Crippen LogP contribution in [0.2, 0.25) is 5.02 Å². The predicted octanol–water partition coefficient (Wildman–Crippen LogP) is 4.94. The lowest BCUT2D eigenvalue weighted by Gasteiger charge is -2.24. The number of alkyl halides is 3. The van der Waals surface area contributed by atoms with Gasteiger partial charge in [0.05, 0.1) is 5.56 Å². The monoisotopic (exact) mass is 401 g/mol. The molecule has 2 aromatic carbocycles. The number of aldehydes is 1. The molecule has 0 aliphatic heterocycles. The molecular weight excluding hydrogens is 386 g/mol. The molecule has 2 aromatic rings. The van der Waals surface area contributed by atoms with Crippen LogP contribution in [0.5, 0.6) is 0 Å². The summed E-state index contributed by atoms with van der Waals surface area (Å²) >= 11 is 5.72. The third kappa shape index (κ3) is 5.53. The van der Waals surface area contributed by atoms with E-state index >= 15 is 0 Å². The van der Waals surface area contributed by atoms with Crippen molar-refractivity contribution >= 4 is 23.8 Å². The van der Waals surface area contributed by atoms with E-state index in [1.807, 2.05) is 0 Å². The van der Waals surface area contributed by atoms with Crippen LogP contribution >= 0.6 is 11.6 Å². The second-order valence-corrected chi connectivity index (χ2v) is 6.50. The van der Waals surface area contributed by atoms with E-state index in [0.29, 0.717) is 11.8 Å². The van der Waals surface area contributed by atoms with E-state index in [4.69, 9.17) is 11.6 Å². The van der Waals surface area contributed by atoms with Crippen molar-refractivity contribution in [2.45, 2.75) is 18.5 Å². The van der Waals surface area contributed by atoms with Gasteiger partial charge in [0.1, 0.15) is 12.1 Å². The van der Waals surface area contributed by atoms with E-state index in [0.717, 1.165) is 18.2 Å². The Labute approximate surface area is 158 Å². The van der Waals surface area contributed by atoms with Crippen LogP contribution in [0, 0.1) is 5.82 Å². The van der Waals surface area contributed by atoms with Crippen LogP contribution in [0.1, 0.15) is 33.8 Å². The van der Waals surface area contributed by atoms with E-state index in [1.165, 1.54) is 36.2 Å². The molecule has 1 atom stereocenters. The maximum absolute atomic E-state index is 13.1. The highest BCUT2D eigenvalue weighted by atomic mass is 35.5. The van der Waals surface area contributed by atoms with Crippen molar-refractivity contribution in [1.82, 2.24) is 4.90 Å². The minimum atomic E-state index is -4.63. The van der Waals surface area contributed by atoms with Gasteiger partial charge < -0.3 is 9.69 Å². The number of likely N-dealkylation sites (N-methyl/N-ethyl adjacent to an activating group) is 1. The first-order valence-corrected chi connectivity index (χ1v) is 8.32. The minimum absolute atomic E-state index is 0.0665. The summed E-state index contributed by atoms with van der Waals surface area (Å²) in [4.78, 5) is 24.7. The summed E-state index contributed by atoms with van der Waals surface area (Å²) in [6.45, 7) is 0.0665. The second-order valence-electron chi connectivity index (χ2n) is 6.06. The molecule has 1 amide bonds. The first-order chi connectivity index (χ1) is 12.6. The summed E-state index contributed by atoms with van der Waals surface area (Å²) in [5, 5.41) is -0.204. The number of amides is 1. The maximum Gasteiger partial charge on any atom is 0.416 e. The number of halogens is 5. The van der Waals surface area contributed by atoms with Gasteiger partial charge in [-0.25, -0.2) is 4.39 Å². The molecule has 1 unspecified atom stereocenters. The van der Waals surface area contributed by atoms with E-state index in [2.05, 4.69) is 0 Å². The lowest BCUT2D eigenvalue weighted by Crippen LogP contribution is -2.31. The Kier molecular flexibility index (Phi) is 6.59. The molecule has 3 nitrogen and oxygen atoms in total. The van der Waals surface area contributed by atoms with E-state index < -0.39 is 29.4 Å². The normalized spacial score (nSPS) is 12.5. The molecule has 8 heteroatoms. The smallest absolute Gasteiger partial charge is 0.341 e. The molecule has 0 aliphatic rings. The standard InChI is InChI=1S/C19H16ClF4NO2/c1-25(11-13(6-7-26)12-2-4-17(21)5-3-12)18(27)14-8-15(19(22,23)24)10-16(20)9-14/h2-5,7-10,13H,6,11H2,1H3. The minimum Gasteiger partial charge on any atom is -0.341 e. The van der Waals surface area contributed by atoms with E-state index in [9.17, 15) is 27.2 Å². The molecule has 2 rings (SSSR count). The molecule has 0 bridgehead atoms. The lowest BCUT2D eigenvalue weighted by atomic mass is 9.95. The second kappa shape index (κ2) is 8.52. The molecule has 0 aromatic heterocycles. The van der Waals surface area contributed by atoms with Crippen molar-refractivity contribution < 1.29 is 27.2 Å². The third-order valence-electron chi connectivity index (χ3n) is 4.04. The maximum atomic E-state index is 13.1. The molecule has 0 saturated carbocycles. The Balaban J connectivity index is 2.24. The average Bonchev–Trinajstić information content (AvgIpc) is 2.60. The molecule has 0 N–H and O–H groups in total. The number of hydrogen-bond acceptors (Lipinski definition) is 2. The fourth-order valence-electron chi connectivity index (χ4n) is 2.68. The van der Waals surface area contributed by atoms with Gasteiger partial charge in [0.25, 0.3) is 5.91 Å². The summed E-state index contributed by atoms with van der Waals surface area (Å²) in [5.41, 5.74) is -0.582. The predicted molar refractivity (Wildman–Crippen MR) is 93.2 cm³/mol. The first kappa shape index (κ1) is 20.9. The quantitative estimate of drug-likeness (QED) is 0.507. The van der Waals surface area contributed by atoms with Crippen molar-refractivity contribution in [3.63, 3.8) is 0 Å². The highest BCUT2D eigenvalue weighted by Gasteiger charge is 2.32. The number of carbonyl (C=O) groups is 2. The van der Waals surface area contributed by atoms with Gasteiger partial charge in [-0.15, -0.1) is 0 Å². The number of nitrogens with zero attached hydrogens (tertiary/aromatic N) is 1. The molecular formula is C19H16ClF4NO2. The van der Waals surface area contributed by atoms with Crippen molar-refractivity contribution in [3.05, 3.63) is 70.0 Å². The first-order valence-electron chi connectivity index (χ1n) is 7.94. The molecule has 27 heavy (non-hydrogen) atoms. The van der Waals surface area contributed by atoms with Crippen molar-refractivity contribution in [2.24, 2.45) is 0 Å². The summed E-state index contributed by atoms with van der Waals surface area (Å²) < 4.78 is 51.9. The Morgan fingerprint density at radius 1 is 1.19 bits per heavy atom. The molecule has 0 radical (unpaired) electrons. The number of hydrogen-bond donors (Lipinski definition) is 0. The van der Waals surface area contributed by atoms with E-state index in [1.54, 1.807) is 0 Å². The molecule has 0 aliphatic carbocycles. The van der Waals surface area contributed by atoms with Crippen LogP contribution in [0.4, 0.5) is 17.6 Å². The zero-order valence-electron chi connectivity index (χ0n) is 14.3. The average molecular weight is 402 g/mol. The van der Waals surface area contributed by atoms with Gasteiger partial charge in [-0.2, -0.15) is 13.2 Å². The largest absolute Gasteiger partial charge is 0.416 e. The Morgan fingerprint density at radius 2 is 1.81 bits per heavy atom. The molecule has 0 heterocycles. The molecule has 0 saturated heterocycles. The molecule has 144 valence electrons. The summed E-state index contributed by atoms with van der Waals surface area (Å²) in [5.74, 6) is -1.52. The Morgan fingerprint density at radius 3 is 2.37 bits per heavy atom. The van der Waals surface area contributed by atoms with Crippen LogP contribution < -0.4 is 0 Å². The van der Waals surface area contributed by atoms with Gasteiger partial charge in [-0.1, -0.05) is 23.7 Å². The molecule has 0 fully saturated rings. The summed E-state index contributed by atoms with van der Waals surface area (Å²) in [6.07, 6.45) is -3.88. The van der Waals surface area contributed by atoms with Crippen molar-refractivity contribution in [2.75, 3.05) is 13.6 Å². The van der Waals surface area contributed by atoms with Crippen LogP contribution in [-0.4, -0.2) is 30.7 Å². The van der Waals surface area contributed by atoms with Gasteiger partial charge >= 0.3 is 6.18 Å². The van der Waals surface area contributed by atoms with Crippen molar-refractivity contribution in [3.8, 4) is 0 Å². The van der Waals surface area contributed by atoms with Crippen LogP contribution in [0.25, 0.3) is 0 Å².